The second kappa shape index (κ2) is 21.9. The van der Waals surface area contributed by atoms with E-state index in [9.17, 15) is 36.3 Å². The van der Waals surface area contributed by atoms with Gasteiger partial charge >= 0.3 is 24.3 Å². The fourth-order valence-electron chi connectivity index (χ4n) is 8.67. The van der Waals surface area contributed by atoms with Gasteiger partial charge in [0.25, 0.3) is 0 Å². The summed E-state index contributed by atoms with van der Waals surface area (Å²) in [6.07, 6.45) is -4.74. The molecule has 3 N–H and O–H groups in total. The third kappa shape index (κ3) is 11.6. The molecule has 82 heavy (non-hydrogen) atoms. The highest BCUT2D eigenvalue weighted by molar-refractivity contribution is 5.92. The van der Waals surface area contributed by atoms with Crippen LogP contribution >= 0.6 is 0 Å². The monoisotopic (exact) mass is 1110 g/mol. The van der Waals surface area contributed by atoms with E-state index in [1.165, 1.54) is 60.7 Å². The van der Waals surface area contributed by atoms with Gasteiger partial charge in [-0.1, -0.05) is 66.7 Å². The minimum absolute atomic E-state index is 0.117. The van der Waals surface area contributed by atoms with Crippen LogP contribution in [0.15, 0.2) is 218 Å². The fourth-order valence-corrected chi connectivity index (χ4v) is 8.67. The van der Waals surface area contributed by atoms with Crippen molar-refractivity contribution in [3.05, 3.63) is 229 Å². The number of hydrogen-bond donors (Lipinski definition) is 3. The van der Waals surface area contributed by atoms with Gasteiger partial charge in [-0.05, 0) is 156 Å². The second-order valence-corrected chi connectivity index (χ2v) is 18.1. The lowest BCUT2D eigenvalue weighted by Gasteiger charge is -2.09. The Bertz CT molecular complexity index is 4550. The van der Waals surface area contributed by atoms with Crippen LogP contribution < -0.4 is 4.74 Å². The van der Waals surface area contributed by atoms with E-state index in [1.807, 2.05) is 48.5 Å². The smallest absolute Gasteiger partial charge is 0.478 e. The summed E-state index contributed by atoms with van der Waals surface area (Å²) in [6, 6.07) is 54.0. The number of rotatable bonds is 10. The number of aromatic nitrogens is 3. The number of furan rings is 1. The van der Waals surface area contributed by atoms with Crippen LogP contribution in [0.1, 0.15) is 31.1 Å². The number of fused-ring (bicyclic) bond motifs is 4. The van der Waals surface area contributed by atoms with Crippen molar-refractivity contribution in [1.82, 2.24) is 15.0 Å². The molecule has 4 heterocycles. The van der Waals surface area contributed by atoms with Gasteiger partial charge in [0.1, 0.15) is 33.6 Å². The molecule has 0 saturated heterocycles. The molecule has 0 radical (unpaired) electrons. The van der Waals surface area contributed by atoms with Crippen LogP contribution in [-0.2, 0) is 0 Å². The Morgan fingerprint density at radius 2 is 0.793 bits per heavy atom. The number of oxazole rings is 3. The molecule has 0 aliphatic heterocycles. The van der Waals surface area contributed by atoms with Crippen molar-refractivity contribution >= 4 is 62.2 Å². The van der Waals surface area contributed by atoms with Crippen LogP contribution in [0.5, 0.6) is 5.75 Å². The van der Waals surface area contributed by atoms with E-state index < -0.39 is 35.9 Å². The number of benzene rings is 9. The van der Waals surface area contributed by atoms with Gasteiger partial charge in [0, 0.05) is 27.6 Å². The quantitative estimate of drug-likeness (QED) is 0.109. The number of alkyl halides is 3. The van der Waals surface area contributed by atoms with Crippen LogP contribution in [0.25, 0.3) is 112 Å². The Hall–Kier alpha value is -11.2. The van der Waals surface area contributed by atoms with Gasteiger partial charge < -0.3 is 37.7 Å². The van der Waals surface area contributed by atoms with Crippen molar-refractivity contribution in [2.24, 2.45) is 0 Å². The first-order valence-electron chi connectivity index (χ1n) is 24.5. The lowest BCUT2D eigenvalue weighted by Crippen LogP contribution is -2.16. The fraction of sp³-hybridized carbons (Fsp3) is 0.0159. The van der Waals surface area contributed by atoms with Gasteiger partial charge in [-0.3, -0.25) is 0 Å². The number of halogens is 5. The summed E-state index contributed by atoms with van der Waals surface area (Å²) in [6.45, 7) is 0. The first kappa shape index (κ1) is 52.8. The van der Waals surface area contributed by atoms with Gasteiger partial charge in [-0.2, -0.15) is 0 Å². The molecule has 0 bridgehead atoms. The van der Waals surface area contributed by atoms with Crippen LogP contribution in [0.4, 0.5) is 22.0 Å². The van der Waals surface area contributed by atoms with E-state index in [1.54, 1.807) is 78.9 Å². The van der Waals surface area contributed by atoms with E-state index in [4.69, 9.17) is 33.0 Å². The number of para-hydroxylation sites is 1. The highest BCUT2D eigenvalue weighted by atomic mass is 19.4. The summed E-state index contributed by atoms with van der Waals surface area (Å²) in [5, 5.41) is 28.4. The van der Waals surface area contributed by atoms with Gasteiger partial charge in [0.2, 0.25) is 17.7 Å². The number of carboxylic acid groups (broad SMARTS) is 3. The zero-order chi connectivity index (χ0) is 57.2. The molecule has 9 aromatic carbocycles. The van der Waals surface area contributed by atoms with Crippen molar-refractivity contribution < 1.29 is 74.1 Å². The number of ether oxygens (including phenoxy) is 1. The Labute approximate surface area is 458 Å². The predicted molar refractivity (Wildman–Crippen MR) is 292 cm³/mol. The number of nitrogens with zero attached hydrogens (tertiary/aromatic N) is 3. The van der Waals surface area contributed by atoms with E-state index in [2.05, 4.69) is 19.7 Å². The predicted octanol–water partition coefficient (Wildman–Crippen LogP) is 16.5. The van der Waals surface area contributed by atoms with E-state index in [0.717, 1.165) is 40.0 Å². The Balaban J connectivity index is 0.000000129. The van der Waals surface area contributed by atoms with Crippen molar-refractivity contribution in [1.29, 1.82) is 0 Å². The summed E-state index contributed by atoms with van der Waals surface area (Å²) in [4.78, 5) is 46.7. The van der Waals surface area contributed by atoms with E-state index in [-0.39, 0.29) is 34.2 Å². The highest BCUT2D eigenvalue weighted by Gasteiger charge is 2.31. The van der Waals surface area contributed by atoms with E-state index >= 15 is 0 Å². The molecule has 0 aliphatic rings. The molecule has 0 aliphatic carbocycles. The SMILES string of the molecule is O=C(O)c1cccc(-c2nc3cc(-c4cc5ccccc5o4)ccc3o2)c1.O=C(O)c1cccc(-c2nc3cc(-c4ccc(F)c(F)c4)ccc3o2)c1.O=C(O)c1cccc(-c2nc3cc(-c4ccc(OC(F)(F)F)cc4)ccc3o2)c1. The van der Waals surface area contributed by atoms with Crippen molar-refractivity contribution in [3.8, 4) is 73.7 Å². The zero-order valence-electron chi connectivity index (χ0n) is 41.9. The minimum atomic E-state index is -4.74. The molecule has 0 amide bonds. The molecule has 13 rings (SSSR count). The third-order valence-electron chi connectivity index (χ3n) is 12.6. The minimum Gasteiger partial charge on any atom is -0.478 e. The normalized spacial score (nSPS) is 11.3. The number of hydrogen-bond acceptors (Lipinski definition) is 11. The molecular formula is C63H36F5N3O11. The van der Waals surface area contributed by atoms with Crippen LogP contribution in [0.2, 0.25) is 0 Å². The lowest BCUT2D eigenvalue weighted by atomic mass is 10.1. The maximum absolute atomic E-state index is 13.5. The van der Waals surface area contributed by atoms with E-state index in [0.29, 0.717) is 72.6 Å². The molecule has 0 saturated carbocycles. The third-order valence-corrected chi connectivity index (χ3v) is 12.6. The molecule has 0 atom stereocenters. The number of carboxylic acids is 3. The molecule has 19 heteroatoms. The number of aromatic carboxylic acids is 3. The number of carbonyl (C=O) groups is 3. The second-order valence-electron chi connectivity index (χ2n) is 18.1. The zero-order valence-corrected chi connectivity index (χ0v) is 41.9. The molecule has 0 unspecified atom stereocenters. The molecule has 404 valence electrons. The van der Waals surface area contributed by atoms with Crippen molar-refractivity contribution in [2.75, 3.05) is 0 Å². The Kier molecular flexibility index (Phi) is 14.1. The first-order chi connectivity index (χ1) is 39.5. The molecule has 0 spiro atoms. The summed E-state index contributed by atoms with van der Waals surface area (Å²) < 4.78 is 90.4. The molecule has 14 nitrogen and oxygen atoms in total. The van der Waals surface area contributed by atoms with Crippen molar-refractivity contribution in [3.63, 3.8) is 0 Å². The van der Waals surface area contributed by atoms with Gasteiger partial charge in [0.05, 0.1) is 16.7 Å². The first-order valence-corrected chi connectivity index (χ1v) is 24.5. The highest BCUT2D eigenvalue weighted by Crippen LogP contribution is 2.35. The van der Waals surface area contributed by atoms with Gasteiger partial charge in [0.15, 0.2) is 28.4 Å². The van der Waals surface area contributed by atoms with Crippen LogP contribution in [-0.4, -0.2) is 54.5 Å². The maximum Gasteiger partial charge on any atom is 0.573 e. The molecule has 0 fully saturated rings. The topological polar surface area (TPSA) is 212 Å². The molecular weight excluding hydrogens is 1070 g/mol. The van der Waals surface area contributed by atoms with Gasteiger partial charge in [-0.15, -0.1) is 13.2 Å². The Morgan fingerprint density at radius 3 is 1.24 bits per heavy atom. The molecule has 4 aromatic heterocycles. The lowest BCUT2D eigenvalue weighted by molar-refractivity contribution is -0.274. The van der Waals surface area contributed by atoms with Crippen LogP contribution in [0, 0.1) is 11.6 Å². The Morgan fingerprint density at radius 1 is 0.378 bits per heavy atom. The maximum atomic E-state index is 13.5. The largest absolute Gasteiger partial charge is 0.573 e. The molecule has 13 aromatic rings. The van der Waals surface area contributed by atoms with Crippen LogP contribution in [0.3, 0.4) is 0 Å². The van der Waals surface area contributed by atoms with Gasteiger partial charge in [-0.25, -0.2) is 38.1 Å². The standard InChI is InChI=1S/C22H13NO4.C21H12F3NO4.C20H11F2NO3/c24-22(25)16-6-3-5-15(10-16)21-23-17-11-14(8-9-19(17)27-21)20-12-13-4-1-2-7-18(13)26-20;22-21(23,24)29-16-7-4-12(5-8-16)13-6-9-18-17(11-13)25-19(28-18)14-2-1-3-15(10-14)20(26)27;21-15-6-4-11(9-16(15)22)12-5-7-18-17(10-12)23-19(26-18)13-2-1-3-14(8-13)20(24)25/h1-12H,(H,24,25);1-11H,(H,26,27);1-10H,(H,24,25). The summed E-state index contributed by atoms with van der Waals surface area (Å²) in [7, 11) is 0. The summed E-state index contributed by atoms with van der Waals surface area (Å²) >= 11 is 0. The average Bonchev–Trinajstić information content (AvgIpc) is 4.48. The van der Waals surface area contributed by atoms with Crippen molar-refractivity contribution in [2.45, 2.75) is 6.36 Å². The average molecular weight is 1110 g/mol. The summed E-state index contributed by atoms with van der Waals surface area (Å²) in [5.41, 5.74) is 9.84. The summed E-state index contributed by atoms with van der Waals surface area (Å²) in [5.74, 6) is -3.51.